The second-order valence-corrected chi connectivity index (χ2v) is 13.0. The number of hydrogen-bond donors (Lipinski definition) is 3. The number of nitrogens with zero attached hydrogens (tertiary/aromatic N) is 2. The third kappa shape index (κ3) is 9.27. The van der Waals surface area contributed by atoms with Crippen LogP contribution in [0.5, 0.6) is 5.75 Å². The van der Waals surface area contributed by atoms with Crippen molar-refractivity contribution in [1.29, 1.82) is 0 Å². The molecule has 7 nitrogen and oxygen atoms in total. The highest BCUT2D eigenvalue weighted by molar-refractivity contribution is 5.73. The Morgan fingerprint density at radius 1 is 1.11 bits per heavy atom. The molecule has 2 heterocycles. The highest BCUT2D eigenvalue weighted by Gasteiger charge is 2.34. The van der Waals surface area contributed by atoms with E-state index in [0.717, 1.165) is 51.0 Å². The molecule has 0 aromatic heterocycles. The van der Waals surface area contributed by atoms with Crippen molar-refractivity contribution in [3.8, 4) is 5.75 Å². The van der Waals surface area contributed by atoms with Gasteiger partial charge in [-0.05, 0) is 118 Å². The van der Waals surface area contributed by atoms with Crippen LogP contribution in [0.4, 0.5) is 8.78 Å². The van der Waals surface area contributed by atoms with Crippen molar-refractivity contribution in [1.82, 2.24) is 20.7 Å². The lowest BCUT2D eigenvalue weighted by molar-refractivity contribution is -0.140. The average molecular weight is 627 g/mol. The summed E-state index contributed by atoms with van der Waals surface area (Å²) >= 11 is 0. The van der Waals surface area contributed by atoms with Crippen LogP contribution in [-0.2, 0) is 11.2 Å². The summed E-state index contributed by atoms with van der Waals surface area (Å²) in [6.07, 6.45) is 9.09. The van der Waals surface area contributed by atoms with Crippen LogP contribution < -0.4 is 15.5 Å². The number of allylic oxidation sites excluding steroid dienone is 1. The summed E-state index contributed by atoms with van der Waals surface area (Å²) in [6.45, 7) is 10.2. The van der Waals surface area contributed by atoms with Crippen LogP contribution in [0.3, 0.4) is 0 Å². The molecular formula is C36H52F2N4O3. The molecule has 5 rings (SSSR count). The fourth-order valence-electron chi connectivity index (χ4n) is 7.35. The Morgan fingerprint density at radius 3 is 2.44 bits per heavy atom. The molecule has 0 amide bonds. The van der Waals surface area contributed by atoms with Gasteiger partial charge in [-0.3, -0.25) is 4.79 Å². The summed E-state index contributed by atoms with van der Waals surface area (Å²) in [5, 5.41) is 13.5. The number of carbonyl (C=O) groups is 1. The predicted octanol–water partition coefficient (Wildman–Crippen LogP) is 6.22. The van der Waals surface area contributed by atoms with E-state index in [4.69, 9.17) is 9.84 Å². The van der Waals surface area contributed by atoms with Crippen LogP contribution in [0.15, 0.2) is 54.2 Å². The van der Waals surface area contributed by atoms with Gasteiger partial charge in [-0.25, -0.2) is 14.2 Å². The first kappa shape index (κ1) is 34.9. The molecule has 0 spiro atoms. The number of hydrazine groups is 1. The van der Waals surface area contributed by atoms with Crippen molar-refractivity contribution in [2.45, 2.75) is 77.3 Å². The van der Waals surface area contributed by atoms with Gasteiger partial charge in [0, 0.05) is 24.7 Å². The van der Waals surface area contributed by atoms with Gasteiger partial charge in [0.15, 0.2) is 11.6 Å². The van der Waals surface area contributed by atoms with Crippen molar-refractivity contribution in [3.05, 3.63) is 77.0 Å². The Bertz CT molecular complexity index is 1280. The molecule has 2 fully saturated rings. The zero-order valence-electron chi connectivity index (χ0n) is 27.6. The Morgan fingerprint density at radius 2 is 1.87 bits per heavy atom. The van der Waals surface area contributed by atoms with E-state index in [-0.39, 0.29) is 29.3 Å². The van der Waals surface area contributed by atoms with E-state index in [0.29, 0.717) is 17.8 Å². The molecule has 2 aromatic rings. The Hall–Kier alpha value is -3.01. The van der Waals surface area contributed by atoms with E-state index in [9.17, 15) is 13.6 Å². The number of methoxy groups -OCH3 is 1. The van der Waals surface area contributed by atoms with Crippen LogP contribution >= 0.6 is 0 Å². The minimum atomic E-state index is -0.785. The van der Waals surface area contributed by atoms with Gasteiger partial charge in [0.05, 0.1) is 13.2 Å². The number of nitrogens with one attached hydrogen (secondary N) is 2. The molecular weight excluding hydrogens is 574 g/mol. The van der Waals surface area contributed by atoms with Gasteiger partial charge in [-0.2, -0.15) is 0 Å². The smallest absolute Gasteiger partial charge is 0.320 e. The molecule has 4 atom stereocenters. The maximum atomic E-state index is 14.2. The maximum Gasteiger partial charge on any atom is 0.320 e. The number of aliphatic carboxylic acids is 1. The zero-order valence-corrected chi connectivity index (χ0v) is 27.6. The van der Waals surface area contributed by atoms with Gasteiger partial charge in [0.2, 0.25) is 0 Å². The third-order valence-corrected chi connectivity index (χ3v) is 9.67. The standard InChI is InChI=1S/C30H39F2N3O.C6H13NO2/c1-3-35-29(19-26(33-35)16-21-10-11-30(36-2)28(32)17-21)22-12-14-34(15-13-22)20-24-7-5-9-27(24)23-6-4-8-25(31)18-23;1-4(2)5(7-3)6(8)9/h4,6,8,10-11,17-19,22,24,26-27,33H,3,5,7,9,12-16,20H2,1-2H3;4-5,7H,1-3H3,(H,8,9)/t24?,26?,27-;/m1./s1. The van der Waals surface area contributed by atoms with Gasteiger partial charge in [-0.1, -0.05) is 38.5 Å². The number of ether oxygens (including phenoxy) is 1. The molecule has 9 heteroatoms. The van der Waals surface area contributed by atoms with E-state index in [1.165, 1.54) is 37.6 Å². The van der Waals surface area contributed by atoms with E-state index in [1.54, 1.807) is 31.3 Å². The minimum absolute atomic E-state index is 0.117. The van der Waals surface area contributed by atoms with Crippen molar-refractivity contribution < 1.29 is 23.4 Å². The largest absolute Gasteiger partial charge is 0.494 e. The number of carboxylic acid groups (broad SMARTS) is 1. The Kier molecular flexibility index (Phi) is 12.8. The predicted molar refractivity (Wildman–Crippen MR) is 175 cm³/mol. The van der Waals surface area contributed by atoms with Crippen LogP contribution in [0, 0.1) is 29.4 Å². The molecule has 1 saturated heterocycles. The van der Waals surface area contributed by atoms with Crippen molar-refractivity contribution in [2.24, 2.45) is 17.8 Å². The molecule has 3 N–H and O–H groups in total. The highest BCUT2D eigenvalue weighted by Crippen LogP contribution is 2.41. The van der Waals surface area contributed by atoms with Crippen molar-refractivity contribution in [2.75, 3.05) is 40.3 Å². The number of rotatable bonds is 11. The number of hydrogen-bond acceptors (Lipinski definition) is 6. The van der Waals surface area contributed by atoms with Crippen molar-refractivity contribution in [3.63, 3.8) is 0 Å². The number of halogens is 2. The molecule has 45 heavy (non-hydrogen) atoms. The molecule has 0 radical (unpaired) electrons. The summed E-state index contributed by atoms with van der Waals surface area (Å²) < 4.78 is 33.0. The first-order chi connectivity index (χ1) is 21.6. The average Bonchev–Trinajstić information content (AvgIpc) is 3.65. The maximum absolute atomic E-state index is 14.2. The van der Waals surface area contributed by atoms with Crippen LogP contribution in [-0.4, -0.2) is 73.4 Å². The number of carboxylic acids is 1. The quantitative estimate of drug-likeness (QED) is 0.274. The normalized spacial score (nSPS) is 23.1. The second-order valence-electron chi connectivity index (χ2n) is 13.0. The first-order valence-electron chi connectivity index (χ1n) is 16.6. The molecule has 1 aliphatic carbocycles. The van der Waals surface area contributed by atoms with E-state index >= 15 is 0 Å². The molecule has 1 saturated carbocycles. The monoisotopic (exact) mass is 626 g/mol. The van der Waals surface area contributed by atoms with Crippen LogP contribution in [0.1, 0.15) is 69.9 Å². The summed E-state index contributed by atoms with van der Waals surface area (Å²) in [7, 11) is 3.14. The summed E-state index contributed by atoms with van der Waals surface area (Å²) in [4.78, 5) is 12.9. The molecule has 2 aliphatic heterocycles. The molecule has 248 valence electrons. The van der Waals surface area contributed by atoms with Gasteiger partial charge in [0.1, 0.15) is 11.9 Å². The number of likely N-dealkylation sites (N-methyl/N-ethyl adjacent to an activating group) is 1. The Balaban J connectivity index is 0.000000448. The van der Waals surface area contributed by atoms with Crippen LogP contribution in [0.25, 0.3) is 0 Å². The van der Waals surface area contributed by atoms with E-state index in [2.05, 4.69) is 39.7 Å². The summed E-state index contributed by atoms with van der Waals surface area (Å²) in [6, 6.07) is 12.3. The number of benzene rings is 2. The molecule has 0 bridgehead atoms. The SMILES string of the molecule is CCN1NC(Cc2ccc(OC)c(F)c2)C=C1C1CCN(CC2CCC[C@@H]2c2cccc(F)c2)CC1.CNC(C(=O)O)C(C)C. The Labute approximate surface area is 268 Å². The fraction of sp³-hybridized carbons (Fsp3) is 0.583. The molecule has 3 aliphatic rings. The third-order valence-electron chi connectivity index (χ3n) is 9.67. The van der Waals surface area contributed by atoms with Crippen LogP contribution in [0.2, 0.25) is 0 Å². The number of likely N-dealkylation sites (tertiary alicyclic amines) is 1. The zero-order chi connectivity index (χ0) is 32.5. The minimum Gasteiger partial charge on any atom is -0.494 e. The lowest BCUT2D eigenvalue weighted by Gasteiger charge is -2.37. The lowest BCUT2D eigenvalue weighted by Crippen LogP contribution is -2.42. The fourth-order valence-corrected chi connectivity index (χ4v) is 7.35. The number of piperidine rings is 1. The highest BCUT2D eigenvalue weighted by atomic mass is 19.1. The van der Waals surface area contributed by atoms with Gasteiger partial charge in [0.25, 0.3) is 0 Å². The topological polar surface area (TPSA) is 77.1 Å². The van der Waals surface area contributed by atoms with E-state index < -0.39 is 12.0 Å². The van der Waals surface area contributed by atoms with Gasteiger partial charge >= 0.3 is 5.97 Å². The summed E-state index contributed by atoms with van der Waals surface area (Å²) in [5.74, 6) is 0.883. The van der Waals surface area contributed by atoms with E-state index in [1.807, 2.05) is 26.0 Å². The van der Waals surface area contributed by atoms with Gasteiger partial charge < -0.3 is 25.1 Å². The van der Waals surface area contributed by atoms with Gasteiger partial charge in [-0.15, -0.1) is 0 Å². The second kappa shape index (κ2) is 16.5. The van der Waals surface area contributed by atoms with Crippen molar-refractivity contribution >= 4 is 5.97 Å². The molecule has 3 unspecified atom stereocenters. The lowest BCUT2D eigenvalue weighted by atomic mass is 9.87. The molecule has 2 aromatic carbocycles. The summed E-state index contributed by atoms with van der Waals surface area (Å²) in [5.41, 5.74) is 7.17. The first-order valence-corrected chi connectivity index (χ1v) is 16.6.